The molecule has 0 fully saturated rings. The number of non-ortho nitro benzene ring substituents is 1. The lowest BCUT2D eigenvalue weighted by Gasteiger charge is -2.06. The minimum absolute atomic E-state index is 0.0268. The molecule has 0 bridgehead atoms. The summed E-state index contributed by atoms with van der Waals surface area (Å²) in [4.78, 5) is 10.3. The molecule has 0 atom stereocenters. The van der Waals surface area contributed by atoms with E-state index in [1.807, 2.05) is 38.1 Å². The Morgan fingerprint density at radius 1 is 1.27 bits per heavy atom. The largest absolute Gasteiger partial charge is 0.494 e. The highest BCUT2D eigenvalue weighted by atomic mass is 16.6. The summed E-state index contributed by atoms with van der Waals surface area (Å²) < 4.78 is 5.39. The van der Waals surface area contributed by atoms with Crippen molar-refractivity contribution in [3.8, 4) is 5.75 Å². The van der Waals surface area contributed by atoms with Crippen molar-refractivity contribution in [1.29, 1.82) is 0 Å². The topological polar surface area (TPSA) is 76.8 Å². The van der Waals surface area contributed by atoms with Crippen molar-refractivity contribution in [3.05, 3.63) is 64.2 Å². The Labute approximate surface area is 128 Å². The molecule has 1 N–H and O–H groups in total. The molecule has 6 heteroatoms. The van der Waals surface area contributed by atoms with Gasteiger partial charge in [-0.1, -0.05) is 6.07 Å². The van der Waals surface area contributed by atoms with Crippen LogP contribution in [-0.2, 0) is 0 Å². The number of nitro benzene ring substituents is 1. The first-order valence-corrected chi connectivity index (χ1v) is 6.88. The average molecular weight is 299 g/mol. The Morgan fingerprint density at radius 3 is 2.64 bits per heavy atom. The second-order valence-electron chi connectivity index (χ2n) is 4.57. The van der Waals surface area contributed by atoms with Crippen LogP contribution in [0.5, 0.6) is 5.75 Å². The molecule has 0 saturated heterocycles. The number of nitro groups is 1. The molecule has 0 saturated carbocycles. The lowest BCUT2D eigenvalue weighted by molar-refractivity contribution is -0.384. The molecule has 2 rings (SSSR count). The third kappa shape index (κ3) is 4.05. The van der Waals surface area contributed by atoms with Crippen molar-refractivity contribution in [2.24, 2.45) is 5.10 Å². The van der Waals surface area contributed by atoms with Crippen LogP contribution in [0.15, 0.2) is 53.6 Å². The zero-order valence-corrected chi connectivity index (χ0v) is 12.4. The van der Waals surface area contributed by atoms with Gasteiger partial charge in [0.15, 0.2) is 0 Å². The maximum absolute atomic E-state index is 10.7. The molecule has 2 aromatic rings. The molecule has 0 aliphatic heterocycles. The second-order valence-corrected chi connectivity index (χ2v) is 4.57. The molecule has 0 amide bonds. The van der Waals surface area contributed by atoms with Crippen LogP contribution in [0, 0.1) is 10.1 Å². The number of hydrogen-bond acceptors (Lipinski definition) is 5. The number of hydrazone groups is 1. The maximum atomic E-state index is 10.7. The predicted octanol–water partition coefficient (Wildman–Crippen LogP) is 3.83. The fourth-order valence-electron chi connectivity index (χ4n) is 1.86. The van der Waals surface area contributed by atoms with Crippen LogP contribution < -0.4 is 10.2 Å². The van der Waals surface area contributed by atoms with Gasteiger partial charge in [-0.2, -0.15) is 5.10 Å². The minimum atomic E-state index is -0.436. The summed E-state index contributed by atoms with van der Waals surface area (Å²) >= 11 is 0. The van der Waals surface area contributed by atoms with Gasteiger partial charge < -0.3 is 4.74 Å². The van der Waals surface area contributed by atoms with E-state index in [9.17, 15) is 10.1 Å². The van der Waals surface area contributed by atoms with Gasteiger partial charge >= 0.3 is 0 Å². The van der Waals surface area contributed by atoms with Crippen LogP contribution in [0.3, 0.4) is 0 Å². The van der Waals surface area contributed by atoms with Crippen LogP contribution in [0.1, 0.15) is 19.4 Å². The Bertz CT molecular complexity index is 681. The van der Waals surface area contributed by atoms with Gasteiger partial charge in [-0.3, -0.25) is 15.5 Å². The quantitative estimate of drug-likeness (QED) is 0.499. The molecular weight excluding hydrogens is 282 g/mol. The molecule has 0 aromatic heterocycles. The third-order valence-electron chi connectivity index (χ3n) is 2.99. The second kappa shape index (κ2) is 7.21. The highest BCUT2D eigenvalue weighted by Gasteiger charge is 2.05. The zero-order chi connectivity index (χ0) is 15.9. The van der Waals surface area contributed by atoms with Crippen molar-refractivity contribution in [3.63, 3.8) is 0 Å². The number of hydrogen-bond donors (Lipinski definition) is 1. The standard InChI is InChI=1S/C16H17N3O3/c1-3-22-16-9-7-13(8-10-16)12(2)17-18-14-5-4-6-15(11-14)19(20)21/h4-11,18H,3H2,1-2H3/b17-12-. The van der Waals surface area contributed by atoms with E-state index in [0.29, 0.717) is 12.3 Å². The predicted molar refractivity (Wildman–Crippen MR) is 86.5 cm³/mol. The van der Waals surface area contributed by atoms with Gasteiger partial charge in [0.05, 0.1) is 22.9 Å². The summed E-state index contributed by atoms with van der Waals surface area (Å²) in [6.45, 7) is 4.42. The smallest absolute Gasteiger partial charge is 0.271 e. The van der Waals surface area contributed by atoms with E-state index in [0.717, 1.165) is 17.0 Å². The van der Waals surface area contributed by atoms with Gasteiger partial charge in [0, 0.05) is 12.1 Å². The van der Waals surface area contributed by atoms with E-state index in [4.69, 9.17) is 4.74 Å². The van der Waals surface area contributed by atoms with E-state index in [1.165, 1.54) is 12.1 Å². The molecular formula is C16H17N3O3. The average Bonchev–Trinajstić information content (AvgIpc) is 2.54. The summed E-state index contributed by atoms with van der Waals surface area (Å²) in [5, 5.41) is 15.0. The molecule has 6 nitrogen and oxygen atoms in total. The molecule has 0 aliphatic carbocycles. The van der Waals surface area contributed by atoms with Gasteiger partial charge in [-0.25, -0.2) is 0 Å². The van der Waals surface area contributed by atoms with Crippen LogP contribution in [0.2, 0.25) is 0 Å². The zero-order valence-electron chi connectivity index (χ0n) is 12.4. The summed E-state index contributed by atoms with van der Waals surface area (Å²) in [7, 11) is 0. The van der Waals surface area contributed by atoms with Crippen molar-refractivity contribution >= 4 is 17.1 Å². The lowest BCUT2D eigenvalue weighted by atomic mass is 10.1. The number of anilines is 1. The number of nitrogens with one attached hydrogen (secondary N) is 1. The van der Waals surface area contributed by atoms with Crippen LogP contribution >= 0.6 is 0 Å². The Kier molecular flexibility index (Phi) is 5.08. The fraction of sp³-hybridized carbons (Fsp3) is 0.188. The van der Waals surface area contributed by atoms with Crippen molar-refractivity contribution in [2.75, 3.05) is 12.0 Å². The highest BCUT2D eigenvalue weighted by Crippen LogP contribution is 2.17. The van der Waals surface area contributed by atoms with Gasteiger partial charge in [-0.15, -0.1) is 0 Å². The molecule has 114 valence electrons. The summed E-state index contributed by atoms with van der Waals surface area (Å²) in [5.74, 6) is 0.811. The highest BCUT2D eigenvalue weighted by molar-refractivity contribution is 5.99. The SMILES string of the molecule is CCOc1ccc(/C(C)=N\Nc2cccc([N+](=O)[O-])c2)cc1. The lowest BCUT2D eigenvalue weighted by Crippen LogP contribution is -2.00. The number of ether oxygens (including phenoxy) is 1. The molecule has 0 radical (unpaired) electrons. The summed E-state index contributed by atoms with van der Waals surface area (Å²) in [6.07, 6.45) is 0. The van der Waals surface area contributed by atoms with Gasteiger partial charge in [0.1, 0.15) is 5.75 Å². The van der Waals surface area contributed by atoms with E-state index in [1.54, 1.807) is 12.1 Å². The van der Waals surface area contributed by atoms with E-state index in [2.05, 4.69) is 10.5 Å². The summed E-state index contributed by atoms with van der Waals surface area (Å²) in [6, 6.07) is 13.8. The number of benzene rings is 2. The molecule has 0 unspecified atom stereocenters. The van der Waals surface area contributed by atoms with Crippen molar-refractivity contribution in [1.82, 2.24) is 0 Å². The van der Waals surface area contributed by atoms with Gasteiger partial charge in [0.2, 0.25) is 0 Å². The van der Waals surface area contributed by atoms with Crippen molar-refractivity contribution < 1.29 is 9.66 Å². The molecule has 0 heterocycles. The van der Waals surface area contributed by atoms with Crippen molar-refractivity contribution in [2.45, 2.75) is 13.8 Å². The van der Waals surface area contributed by atoms with E-state index in [-0.39, 0.29) is 5.69 Å². The molecule has 0 spiro atoms. The van der Waals surface area contributed by atoms with Crippen LogP contribution in [-0.4, -0.2) is 17.2 Å². The minimum Gasteiger partial charge on any atom is -0.494 e. The first kappa shape index (κ1) is 15.5. The van der Waals surface area contributed by atoms with E-state index < -0.39 is 4.92 Å². The Hall–Kier alpha value is -2.89. The van der Waals surface area contributed by atoms with Gasteiger partial charge in [0.25, 0.3) is 5.69 Å². The summed E-state index contributed by atoms with van der Waals surface area (Å²) in [5.41, 5.74) is 5.14. The third-order valence-corrected chi connectivity index (χ3v) is 2.99. The number of rotatable bonds is 6. The molecule has 0 aliphatic rings. The van der Waals surface area contributed by atoms with Crippen LogP contribution in [0.4, 0.5) is 11.4 Å². The van der Waals surface area contributed by atoms with Crippen LogP contribution in [0.25, 0.3) is 0 Å². The van der Waals surface area contributed by atoms with E-state index >= 15 is 0 Å². The Morgan fingerprint density at radius 2 is 2.00 bits per heavy atom. The van der Waals surface area contributed by atoms with Gasteiger partial charge in [-0.05, 0) is 49.7 Å². The maximum Gasteiger partial charge on any atom is 0.271 e. The first-order chi connectivity index (χ1) is 10.6. The fourth-order valence-corrected chi connectivity index (χ4v) is 1.86. The Balaban J connectivity index is 2.09. The monoisotopic (exact) mass is 299 g/mol. The first-order valence-electron chi connectivity index (χ1n) is 6.88. The molecule has 2 aromatic carbocycles. The number of nitrogens with zero attached hydrogens (tertiary/aromatic N) is 2. The normalized spacial score (nSPS) is 11.1. The molecule has 22 heavy (non-hydrogen) atoms.